The quantitative estimate of drug-likeness (QED) is 0.751. The maximum atomic E-state index is 4.58. The third-order valence-electron chi connectivity index (χ3n) is 3.35. The van der Waals surface area contributed by atoms with E-state index in [1.165, 1.54) is 12.8 Å². The van der Waals surface area contributed by atoms with Gasteiger partial charge in [-0.15, -0.1) is 0 Å². The first-order chi connectivity index (χ1) is 9.08. The third-order valence-corrected chi connectivity index (χ3v) is 3.35. The van der Waals surface area contributed by atoms with Crippen molar-refractivity contribution < 1.29 is 0 Å². The van der Waals surface area contributed by atoms with E-state index in [0.29, 0.717) is 6.04 Å². The van der Waals surface area contributed by atoms with E-state index in [4.69, 9.17) is 0 Å². The lowest BCUT2D eigenvalue weighted by molar-refractivity contribution is 0.483. The van der Waals surface area contributed by atoms with E-state index in [1.807, 2.05) is 13.1 Å². The van der Waals surface area contributed by atoms with Gasteiger partial charge in [-0.1, -0.05) is 27.2 Å². The zero-order chi connectivity index (χ0) is 14.3. The van der Waals surface area contributed by atoms with Gasteiger partial charge in [-0.2, -0.15) is 0 Å². The molecule has 0 spiro atoms. The largest absolute Gasteiger partial charge is 0.373 e. The number of hydrogen-bond donors (Lipinski definition) is 2. The molecule has 0 aliphatic heterocycles. The van der Waals surface area contributed by atoms with Crippen LogP contribution in [0, 0.1) is 5.92 Å². The number of aryl methyl sites for hydroxylation is 1. The summed E-state index contributed by atoms with van der Waals surface area (Å²) >= 11 is 0. The first-order valence-corrected chi connectivity index (χ1v) is 7.41. The molecular weight excluding hydrogens is 236 g/mol. The van der Waals surface area contributed by atoms with E-state index >= 15 is 0 Å². The zero-order valence-corrected chi connectivity index (χ0v) is 13.0. The number of anilines is 2. The zero-order valence-electron chi connectivity index (χ0n) is 13.0. The average molecular weight is 264 g/mol. The van der Waals surface area contributed by atoms with Gasteiger partial charge in [0, 0.05) is 25.6 Å². The van der Waals surface area contributed by atoms with Gasteiger partial charge in [0.25, 0.3) is 0 Å². The van der Waals surface area contributed by atoms with Crippen LogP contribution >= 0.6 is 0 Å². The molecule has 19 heavy (non-hydrogen) atoms. The maximum Gasteiger partial charge on any atom is 0.133 e. The number of rotatable bonds is 8. The number of nitrogens with one attached hydrogen (secondary N) is 2. The van der Waals surface area contributed by atoms with Crippen molar-refractivity contribution in [2.75, 3.05) is 17.7 Å². The van der Waals surface area contributed by atoms with E-state index in [-0.39, 0.29) is 0 Å². The Balaban J connectivity index is 2.73. The Kier molecular flexibility index (Phi) is 6.60. The highest BCUT2D eigenvalue weighted by Gasteiger charge is 2.09. The summed E-state index contributed by atoms with van der Waals surface area (Å²) in [5.41, 5.74) is 0. The highest BCUT2D eigenvalue weighted by atomic mass is 15.1. The van der Waals surface area contributed by atoms with Crippen molar-refractivity contribution in [3.8, 4) is 0 Å². The third kappa shape index (κ3) is 5.45. The minimum atomic E-state index is 0.434. The summed E-state index contributed by atoms with van der Waals surface area (Å²) in [6.07, 6.45) is 4.37. The number of aromatic nitrogens is 2. The Labute approximate surface area is 117 Å². The van der Waals surface area contributed by atoms with Crippen molar-refractivity contribution >= 4 is 11.6 Å². The minimum Gasteiger partial charge on any atom is -0.373 e. The van der Waals surface area contributed by atoms with Crippen LogP contribution in [0.3, 0.4) is 0 Å². The van der Waals surface area contributed by atoms with Crippen molar-refractivity contribution in [1.29, 1.82) is 0 Å². The van der Waals surface area contributed by atoms with Gasteiger partial charge in [0.15, 0.2) is 0 Å². The molecule has 1 aromatic heterocycles. The van der Waals surface area contributed by atoms with E-state index < -0.39 is 0 Å². The van der Waals surface area contributed by atoms with Gasteiger partial charge in [0.2, 0.25) is 0 Å². The summed E-state index contributed by atoms with van der Waals surface area (Å²) in [6, 6.07) is 2.41. The van der Waals surface area contributed by atoms with Crippen LogP contribution in [-0.2, 0) is 6.42 Å². The van der Waals surface area contributed by atoms with Crippen LogP contribution in [0.4, 0.5) is 11.6 Å². The van der Waals surface area contributed by atoms with Gasteiger partial charge < -0.3 is 10.6 Å². The fraction of sp³-hybridized carbons (Fsp3) is 0.733. The molecule has 0 aliphatic rings. The van der Waals surface area contributed by atoms with Crippen LogP contribution in [0.5, 0.6) is 0 Å². The minimum absolute atomic E-state index is 0.434. The average Bonchev–Trinajstić information content (AvgIpc) is 2.38. The molecule has 1 aromatic rings. The van der Waals surface area contributed by atoms with E-state index in [2.05, 4.69) is 48.3 Å². The number of nitrogens with zero attached hydrogens (tertiary/aromatic N) is 2. The molecule has 4 nitrogen and oxygen atoms in total. The molecule has 1 rings (SSSR count). The monoisotopic (exact) mass is 264 g/mol. The molecule has 2 atom stereocenters. The highest BCUT2D eigenvalue weighted by molar-refractivity contribution is 5.47. The summed E-state index contributed by atoms with van der Waals surface area (Å²) < 4.78 is 0. The van der Waals surface area contributed by atoms with Crippen LogP contribution in [-0.4, -0.2) is 23.1 Å². The summed E-state index contributed by atoms with van der Waals surface area (Å²) in [7, 11) is 1.89. The second-order valence-electron chi connectivity index (χ2n) is 5.35. The molecule has 0 amide bonds. The van der Waals surface area contributed by atoms with Gasteiger partial charge in [-0.05, 0) is 25.7 Å². The fourth-order valence-corrected chi connectivity index (χ4v) is 2.12. The number of hydrogen-bond acceptors (Lipinski definition) is 4. The summed E-state index contributed by atoms with van der Waals surface area (Å²) in [6.45, 7) is 8.89. The van der Waals surface area contributed by atoms with Gasteiger partial charge in [-0.3, -0.25) is 0 Å². The molecule has 108 valence electrons. The molecule has 0 aliphatic carbocycles. The van der Waals surface area contributed by atoms with Gasteiger partial charge in [0.05, 0.1) is 0 Å². The molecule has 0 radical (unpaired) electrons. The van der Waals surface area contributed by atoms with E-state index in [1.54, 1.807) is 0 Å². The van der Waals surface area contributed by atoms with Crippen LogP contribution in [0.15, 0.2) is 6.07 Å². The molecule has 2 N–H and O–H groups in total. The molecule has 0 saturated heterocycles. The van der Waals surface area contributed by atoms with Crippen LogP contribution in [0.1, 0.15) is 52.8 Å². The molecule has 0 bridgehead atoms. The standard InChI is InChI=1S/C15H28N4/c1-6-8-13-18-14(16-5)10-15(19-13)17-12(4)9-11(3)7-2/h10-12H,6-9H2,1-5H3,(H2,16,17,18,19). The Morgan fingerprint density at radius 3 is 2.42 bits per heavy atom. The van der Waals surface area contributed by atoms with Crippen molar-refractivity contribution in [3.05, 3.63) is 11.9 Å². The lowest BCUT2D eigenvalue weighted by Crippen LogP contribution is -2.19. The molecule has 0 aromatic carbocycles. The van der Waals surface area contributed by atoms with Crippen LogP contribution in [0.2, 0.25) is 0 Å². The molecular formula is C15H28N4. The van der Waals surface area contributed by atoms with E-state index in [0.717, 1.165) is 36.2 Å². The Morgan fingerprint density at radius 1 is 1.16 bits per heavy atom. The fourth-order valence-electron chi connectivity index (χ4n) is 2.12. The Morgan fingerprint density at radius 2 is 1.84 bits per heavy atom. The summed E-state index contributed by atoms with van der Waals surface area (Å²) in [5, 5.41) is 6.59. The molecule has 4 heteroatoms. The molecule has 0 fully saturated rings. The first-order valence-electron chi connectivity index (χ1n) is 7.41. The SMILES string of the molecule is CCCc1nc(NC)cc(NC(C)CC(C)CC)n1. The Bertz CT molecular complexity index is 378. The second kappa shape index (κ2) is 7.97. The lowest BCUT2D eigenvalue weighted by atomic mass is 10.0. The lowest BCUT2D eigenvalue weighted by Gasteiger charge is -2.18. The van der Waals surface area contributed by atoms with Crippen molar-refractivity contribution in [2.24, 2.45) is 5.92 Å². The second-order valence-corrected chi connectivity index (χ2v) is 5.35. The summed E-state index contributed by atoms with van der Waals surface area (Å²) in [5.74, 6) is 3.46. The summed E-state index contributed by atoms with van der Waals surface area (Å²) in [4.78, 5) is 9.05. The molecule has 2 unspecified atom stereocenters. The van der Waals surface area contributed by atoms with Gasteiger partial charge in [-0.25, -0.2) is 9.97 Å². The highest BCUT2D eigenvalue weighted by Crippen LogP contribution is 2.16. The predicted octanol–water partition coefficient (Wildman–Crippen LogP) is 3.71. The van der Waals surface area contributed by atoms with E-state index in [9.17, 15) is 0 Å². The Hall–Kier alpha value is -1.32. The molecule has 0 saturated carbocycles. The van der Waals surface area contributed by atoms with Gasteiger partial charge >= 0.3 is 0 Å². The van der Waals surface area contributed by atoms with Crippen LogP contribution < -0.4 is 10.6 Å². The predicted molar refractivity (Wildman–Crippen MR) is 82.7 cm³/mol. The maximum absolute atomic E-state index is 4.58. The van der Waals surface area contributed by atoms with Crippen molar-refractivity contribution in [2.45, 2.75) is 59.4 Å². The van der Waals surface area contributed by atoms with Crippen LogP contribution in [0.25, 0.3) is 0 Å². The first kappa shape index (κ1) is 15.7. The van der Waals surface area contributed by atoms with Crippen molar-refractivity contribution in [1.82, 2.24) is 9.97 Å². The van der Waals surface area contributed by atoms with Crippen molar-refractivity contribution in [3.63, 3.8) is 0 Å². The topological polar surface area (TPSA) is 49.8 Å². The smallest absolute Gasteiger partial charge is 0.133 e. The molecule has 1 heterocycles. The van der Waals surface area contributed by atoms with Gasteiger partial charge in [0.1, 0.15) is 17.5 Å². The normalized spacial score (nSPS) is 13.9.